The van der Waals surface area contributed by atoms with Crippen LogP contribution in [0.5, 0.6) is 5.75 Å². The normalized spacial score (nSPS) is 18.1. The van der Waals surface area contributed by atoms with Crippen molar-refractivity contribution in [2.24, 2.45) is 0 Å². The number of hydrogen-bond donors (Lipinski definition) is 1. The van der Waals surface area contributed by atoms with Crippen LogP contribution in [0.1, 0.15) is 37.8 Å². The van der Waals surface area contributed by atoms with Crippen LogP contribution in [0.4, 0.5) is 0 Å². The number of aromatic hydroxyl groups is 1. The molecule has 1 saturated heterocycles. The summed E-state index contributed by atoms with van der Waals surface area (Å²) in [5.41, 5.74) is 1.05. The first-order chi connectivity index (χ1) is 9.22. The lowest BCUT2D eigenvalue weighted by atomic mass is 10.0. The molecule has 0 aromatic heterocycles. The third-order valence-corrected chi connectivity index (χ3v) is 4.18. The zero-order valence-corrected chi connectivity index (χ0v) is 12.2. The van der Waals surface area contributed by atoms with Crippen molar-refractivity contribution in [2.45, 2.75) is 32.2 Å². The second kappa shape index (κ2) is 6.92. The fourth-order valence-corrected chi connectivity index (χ4v) is 3.00. The summed E-state index contributed by atoms with van der Waals surface area (Å²) in [7, 11) is 2.16. The number of likely N-dealkylation sites (N-methyl/N-ethyl adjacent to an activating group) is 1. The molecule has 3 heteroatoms. The number of hydrogen-bond acceptors (Lipinski definition) is 3. The van der Waals surface area contributed by atoms with Gasteiger partial charge in [0, 0.05) is 24.7 Å². The molecule has 1 fully saturated rings. The maximum atomic E-state index is 10.0. The highest BCUT2D eigenvalue weighted by atomic mass is 16.3. The van der Waals surface area contributed by atoms with E-state index in [1.165, 1.54) is 25.9 Å². The summed E-state index contributed by atoms with van der Waals surface area (Å²) < 4.78 is 0. The van der Waals surface area contributed by atoms with Crippen LogP contribution in [0.25, 0.3) is 0 Å². The van der Waals surface area contributed by atoms with Crippen molar-refractivity contribution in [3.8, 4) is 5.75 Å². The molecule has 106 valence electrons. The Morgan fingerprint density at radius 2 is 1.95 bits per heavy atom. The Labute approximate surface area is 116 Å². The van der Waals surface area contributed by atoms with E-state index in [0.717, 1.165) is 25.1 Å². The van der Waals surface area contributed by atoms with Gasteiger partial charge in [0.25, 0.3) is 0 Å². The third-order valence-electron chi connectivity index (χ3n) is 4.18. The Morgan fingerprint density at radius 1 is 1.26 bits per heavy atom. The smallest absolute Gasteiger partial charge is 0.120 e. The van der Waals surface area contributed by atoms with Crippen molar-refractivity contribution in [3.05, 3.63) is 29.8 Å². The maximum Gasteiger partial charge on any atom is 0.120 e. The van der Waals surface area contributed by atoms with E-state index < -0.39 is 0 Å². The van der Waals surface area contributed by atoms with Crippen LogP contribution in [-0.2, 0) is 0 Å². The number of likely N-dealkylation sites (tertiary alicyclic amines) is 1. The van der Waals surface area contributed by atoms with Gasteiger partial charge in [0.2, 0.25) is 0 Å². The Bertz CT molecular complexity index is 388. The maximum absolute atomic E-state index is 10.0. The van der Waals surface area contributed by atoms with Crippen LogP contribution in [0.2, 0.25) is 0 Å². The first-order valence-electron chi connectivity index (χ1n) is 7.43. The van der Waals surface area contributed by atoms with Gasteiger partial charge in [-0.15, -0.1) is 0 Å². The largest absolute Gasteiger partial charge is 0.508 e. The minimum atomic E-state index is 0.309. The van der Waals surface area contributed by atoms with Gasteiger partial charge in [0.05, 0.1) is 0 Å². The van der Waals surface area contributed by atoms with Gasteiger partial charge >= 0.3 is 0 Å². The van der Waals surface area contributed by atoms with Crippen molar-refractivity contribution < 1.29 is 5.11 Å². The highest BCUT2D eigenvalue weighted by Gasteiger charge is 2.19. The molecule has 19 heavy (non-hydrogen) atoms. The summed E-state index contributed by atoms with van der Waals surface area (Å²) in [6, 6.07) is 8.02. The van der Waals surface area contributed by atoms with Gasteiger partial charge in [0.15, 0.2) is 0 Å². The lowest BCUT2D eigenvalue weighted by Gasteiger charge is -2.29. The Morgan fingerprint density at radius 3 is 2.58 bits per heavy atom. The summed E-state index contributed by atoms with van der Waals surface area (Å²) >= 11 is 0. The van der Waals surface area contributed by atoms with Crippen molar-refractivity contribution in [1.82, 2.24) is 9.80 Å². The van der Waals surface area contributed by atoms with Crippen LogP contribution in [0.15, 0.2) is 24.3 Å². The SMILES string of the molecule is CCC(c1ccccc1O)N(C)CCN1CCCC1. The van der Waals surface area contributed by atoms with E-state index in [4.69, 9.17) is 0 Å². The van der Waals surface area contributed by atoms with Crippen molar-refractivity contribution in [3.63, 3.8) is 0 Å². The van der Waals surface area contributed by atoms with Crippen molar-refractivity contribution >= 4 is 0 Å². The predicted octanol–water partition coefficient (Wildman–Crippen LogP) is 2.87. The number of benzene rings is 1. The standard InChI is InChI=1S/C16H26N2O/c1-3-15(14-8-4-5-9-16(14)19)17(2)12-13-18-10-6-7-11-18/h4-5,8-9,15,19H,3,6-7,10-13H2,1-2H3. The van der Waals surface area contributed by atoms with Crippen molar-refractivity contribution in [1.29, 1.82) is 0 Å². The molecule has 0 bridgehead atoms. The van der Waals surface area contributed by atoms with E-state index in [-0.39, 0.29) is 0 Å². The lowest BCUT2D eigenvalue weighted by molar-refractivity contribution is 0.199. The molecule has 1 aromatic rings. The van der Waals surface area contributed by atoms with Gasteiger partial charge < -0.3 is 10.0 Å². The van der Waals surface area contributed by atoms with Gasteiger partial charge in [-0.25, -0.2) is 0 Å². The second-order valence-corrected chi connectivity index (χ2v) is 5.51. The lowest BCUT2D eigenvalue weighted by Crippen LogP contribution is -2.33. The zero-order chi connectivity index (χ0) is 13.7. The molecule has 1 aromatic carbocycles. The molecule has 1 aliphatic heterocycles. The first-order valence-corrected chi connectivity index (χ1v) is 7.43. The molecular formula is C16H26N2O. The molecule has 1 unspecified atom stereocenters. The van der Waals surface area contributed by atoms with Crippen LogP contribution in [-0.4, -0.2) is 48.1 Å². The number of phenolic OH excluding ortho intramolecular Hbond substituents is 1. The first kappa shape index (κ1) is 14.4. The fraction of sp³-hybridized carbons (Fsp3) is 0.625. The number of phenols is 1. The van der Waals surface area contributed by atoms with Crippen molar-refractivity contribution in [2.75, 3.05) is 33.2 Å². The topological polar surface area (TPSA) is 26.7 Å². The molecule has 0 amide bonds. The summed E-state index contributed by atoms with van der Waals surface area (Å²) in [4.78, 5) is 4.90. The van der Waals surface area contributed by atoms with Gasteiger partial charge in [-0.1, -0.05) is 25.1 Å². The number of para-hydroxylation sites is 1. The molecule has 0 radical (unpaired) electrons. The molecule has 1 N–H and O–H groups in total. The molecule has 1 aliphatic rings. The minimum absolute atomic E-state index is 0.309. The Balaban J connectivity index is 1.94. The fourth-order valence-electron chi connectivity index (χ4n) is 3.00. The van der Waals surface area contributed by atoms with Crippen LogP contribution < -0.4 is 0 Å². The monoisotopic (exact) mass is 262 g/mol. The van der Waals surface area contributed by atoms with Crippen LogP contribution in [0.3, 0.4) is 0 Å². The van der Waals surface area contributed by atoms with E-state index in [0.29, 0.717) is 11.8 Å². The average molecular weight is 262 g/mol. The second-order valence-electron chi connectivity index (χ2n) is 5.51. The van der Waals surface area contributed by atoms with E-state index in [9.17, 15) is 5.11 Å². The van der Waals surface area contributed by atoms with Gasteiger partial charge in [0.1, 0.15) is 5.75 Å². The molecular weight excluding hydrogens is 236 g/mol. The summed E-state index contributed by atoms with van der Waals surface area (Å²) in [5, 5.41) is 10.0. The highest BCUT2D eigenvalue weighted by molar-refractivity contribution is 5.34. The van der Waals surface area contributed by atoms with Gasteiger partial charge in [-0.05, 0) is 45.5 Å². The quantitative estimate of drug-likeness (QED) is 0.854. The van der Waals surface area contributed by atoms with Crippen LogP contribution >= 0.6 is 0 Å². The average Bonchev–Trinajstić information content (AvgIpc) is 2.92. The number of rotatable bonds is 6. The predicted molar refractivity (Wildman–Crippen MR) is 79.4 cm³/mol. The van der Waals surface area contributed by atoms with E-state index >= 15 is 0 Å². The Hall–Kier alpha value is -1.06. The van der Waals surface area contributed by atoms with E-state index in [1.807, 2.05) is 18.2 Å². The molecule has 3 nitrogen and oxygen atoms in total. The van der Waals surface area contributed by atoms with Gasteiger partial charge in [-0.2, -0.15) is 0 Å². The molecule has 1 atom stereocenters. The molecule has 2 rings (SSSR count). The van der Waals surface area contributed by atoms with Crippen LogP contribution in [0, 0.1) is 0 Å². The third kappa shape index (κ3) is 3.71. The molecule has 0 spiro atoms. The minimum Gasteiger partial charge on any atom is -0.508 e. The highest BCUT2D eigenvalue weighted by Crippen LogP contribution is 2.29. The number of nitrogens with zero attached hydrogens (tertiary/aromatic N) is 2. The molecule has 1 heterocycles. The van der Waals surface area contributed by atoms with E-state index in [2.05, 4.69) is 23.8 Å². The zero-order valence-electron chi connectivity index (χ0n) is 12.2. The summed E-state index contributed by atoms with van der Waals surface area (Å²) in [6.45, 7) is 6.89. The summed E-state index contributed by atoms with van der Waals surface area (Å²) in [5.74, 6) is 0.419. The molecule has 0 saturated carbocycles. The van der Waals surface area contributed by atoms with Gasteiger partial charge in [-0.3, -0.25) is 4.90 Å². The summed E-state index contributed by atoms with van der Waals surface area (Å²) in [6.07, 6.45) is 3.72. The van der Waals surface area contributed by atoms with E-state index in [1.54, 1.807) is 6.07 Å². The Kier molecular flexibility index (Phi) is 5.23. The molecule has 0 aliphatic carbocycles.